The van der Waals surface area contributed by atoms with Crippen molar-refractivity contribution in [2.45, 2.75) is 6.04 Å². The lowest BCUT2D eigenvalue weighted by Gasteiger charge is -2.21. The number of aromatic amines is 1. The Morgan fingerprint density at radius 1 is 1.07 bits per heavy atom. The van der Waals surface area contributed by atoms with E-state index in [0.717, 1.165) is 22.3 Å². The smallest absolute Gasteiger partial charge is 0.269 e. The predicted molar refractivity (Wildman–Crippen MR) is 109 cm³/mol. The van der Waals surface area contributed by atoms with E-state index in [1.54, 1.807) is 36.8 Å². The lowest BCUT2D eigenvalue weighted by molar-refractivity contribution is -0.384. The molecule has 0 unspecified atom stereocenters. The fourth-order valence-electron chi connectivity index (χ4n) is 3.25. The summed E-state index contributed by atoms with van der Waals surface area (Å²) in [7, 11) is 0. The van der Waals surface area contributed by atoms with Crippen molar-refractivity contribution in [2.24, 2.45) is 0 Å². The summed E-state index contributed by atoms with van der Waals surface area (Å²) in [5, 5.41) is 12.0. The van der Waals surface area contributed by atoms with Gasteiger partial charge in [-0.3, -0.25) is 10.1 Å². The Morgan fingerprint density at radius 3 is 2.50 bits per heavy atom. The van der Waals surface area contributed by atoms with E-state index >= 15 is 0 Å². The summed E-state index contributed by atoms with van der Waals surface area (Å²) >= 11 is 12.6. The van der Waals surface area contributed by atoms with E-state index in [1.165, 1.54) is 12.1 Å². The van der Waals surface area contributed by atoms with Gasteiger partial charge in [-0.25, -0.2) is 4.98 Å². The molecule has 0 bridgehead atoms. The van der Waals surface area contributed by atoms with E-state index in [0.29, 0.717) is 10.0 Å². The molecule has 4 aromatic rings. The van der Waals surface area contributed by atoms with Crippen LogP contribution in [0.2, 0.25) is 10.0 Å². The fourth-order valence-corrected chi connectivity index (χ4v) is 3.76. The second kappa shape index (κ2) is 7.50. The Hall–Kier alpha value is -3.09. The molecule has 0 aliphatic rings. The number of nitrogens with one attached hydrogen (secondary N) is 1. The summed E-state index contributed by atoms with van der Waals surface area (Å²) in [5.74, 6) is 0. The average Bonchev–Trinajstić information content (AvgIpc) is 3.36. The standard InChI is InChI=1S/C20H14Cl2N4O2/c21-14-3-6-16(19(22)9-14)20(25-8-7-23-12-25)18-11-24-10-17(18)13-1-4-15(5-2-13)26(27)28/h1-12,20,24H/t20-/m1/s1. The molecule has 1 atom stereocenters. The molecule has 28 heavy (non-hydrogen) atoms. The number of aromatic nitrogens is 3. The minimum atomic E-state index is -0.413. The van der Waals surface area contributed by atoms with E-state index in [-0.39, 0.29) is 11.7 Å². The highest BCUT2D eigenvalue weighted by Gasteiger charge is 2.23. The Bertz CT molecular complexity index is 1120. The fraction of sp³-hybridized carbons (Fsp3) is 0.0500. The van der Waals surface area contributed by atoms with E-state index in [1.807, 2.05) is 29.2 Å². The third kappa shape index (κ3) is 3.40. The van der Waals surface area contributed by atoms with Crippen LogP contribution >= 0.6 is 23.2 Å². The highest BCUT2D eigenvalue weighted by atomic mass is 35.5. The van der Waals surface area contributed by atoms with Crippen LogP contribution in [-0.4, -0.2) is 19.5 Å². The number of benzene rings is 2. The van der Waals surface area contributed by atoms with Gasteiger partial charge in [0.25, 0.3) is 5.69 Å². The molecule has 1 N–H and O–H groups in total. The predicted octanol–water partition coefficient (Wildman–Crippen LogP) is 5.73. The number of nitrogens with zero attached hydrogens (tertiary/aromatic N) is 3. The van der Waals surface area contributed by atoms with Gasteiger partial charge in [0.15, 0.2) is 0 Å². The summed E-state index contributed by atoms with van der Waals surface area (Å²) < 4.78 is 1.95. The van der Waals surface area contributed by atoms with Crippen molar-refractivity contribution in [3.05, 3.63) is 105 Å². The van der Waals surface area contributed by atoms with Gasteiger partial charge in [0.1, 0.15) is 0 Å². The number of imidazole rings is 1. The molecular formula is C20H14Cl2N4O2. The summed E-state index contributed by atoms with van der Waals surface area (Å²) in [6.07, 6.45) is 9.05. The van der Waals surface area contributed by atoms with Gasteiger partial charge in [0, 0.05) is 58.1 Å². The van der Waals surface area contributed by atoms with Crippen LogP contribution in [0.1, 0.15) is 17.2 Å². The Balaban J connectivity index is 1.85. The molecule has 2 heterocycles. The number of halogens is 2. The van der Waals surface area contributed by atoms with Crippen molar-refractivity contribution in [3.8, 4) is 11.1 Å². The molecular weight excluding hydrogens is 399 g/mol. The summed E-state index contributed by atoms with van der Waals surface area (Å²) in [6.45, 7) is 0. The Kier molecular flexibility index (Phi) is 4.90. The van der Waals surface area contributed by atoms with E-state index in [9.17, 15) is 10.1 Å². The van der Waals surface area contributed by atoms with Crippen molar-refractivity contribution in [1.29, 1.82) is 0 Å². The van der Waals surface area contributed by atoms with E-state index < -0.39 is 4.92 Å². The second-order valence-electron chi connectivity index (χ2n) is 6.21. The van der Waals surface area contributed by atoms with Crippen molar-refractivity contribution < 1.29 is 4.92 Å². The normalized spacial score (nSPS) is 12.1. The molecule has 0 spiro atoms. The Labute approximate surface area is 170 Å². The van der Waals surface area contributed by atoms with Gasteiger partial charge >= 0.3 is 0 Å². The van der Waals surface area contributed by atoms with Crippen LogP contribution in [0.25, 0.3) is 11.1 Å². The highest BCUT2D eigenvalue weighted by molar-refractivity contribution is 6.35. The average molecular weight is 413 g/mol. The lowest BCUT2D eigenvalue weighted by atomic mass is 9.94. The van der Waals surface area contributed by atoms with Crippen molar-refractivity contribution in [3.63, 3.8) is 0 Å². The molecule has 4 rings (SSSR count). The monoisotopic (exact) mass is 412 g/mol. The van der Waals surface area contributed by atoms with Crippen LogP contribution in [0.5, 0.6) is 0 Å². The van der Waals surface area contributed by atoms with E-state index in [2.05, 4.69) is 9.97 Å². The molecule has 0 amide bonds. The van der Waals surface area contributed by atoms with Crippen LogP contribution in [0.3, 0.4) is 0 Å². The van der Waals surface area contributed by atoms with Gasteiger partial charge in [0.2, 0.25) is 0 Å². The number of H-pyrrole nitrogens is 1. The molecule has 0 aliphatic heterocycles. The number of nitro benzene ring substituents is 1. The number of rotatable bonds is 5. The topological polar surface area (TPSA) is 76.8 Å². The second-order valence-corrected chi connectivity index (χ2v) is 7.05. The maximum absolute atomic E-state index is 10.9. The van der Waals surface area contributed by atoms with Crippen molar-refractivity contribution in [2.75, 3.05) is 0 Å². The van der Waals surface area contributed by atoms with Crippen LogP contribution in [0.15, 0.2) is 73.6 Å². The maximum atomic E-state index is 10.9. The quantitative estimate of drug-likeness (QED) is 0.335. The zero-order valence-corrected chi connectivity index (χ0v) is 15.9. The summed E-state index contributed by atoms with van der Waals surface area (Å²) in [6, 6.07) is 11.6. The number of hydrogen-bond acceptors (Lipinski definition) is 3. The largest absolute Gasteiger partial charge is 0.367 e. The first-order chi connectivity index (χ1) is 13.5. The third-order valence-electron chi connectivity index (χ3n) is 4.54. The van der Waals surface area contributed by atoms with Gasteiger partial charge in [-0.05, 0) is 35.4 Å². The zero-order chi connectivity index (χ0) is 19.7. The maximum Gasteiger partial charge on any atom is 0.269 e. The van der Waals surface area contributed by atoms with Gasteiger partial charge in [-0.15, -0.1) is 0 Å². The summed E-state index contributed by atoms with van der Waals surface area (Å²) in [4.78, 5) is 17.8. The van der Waals surface area contributed by atoms with Crippen LogP contribution in [0.4, 0.5) is 5.69 Å². The van der Waals surface area contributed by atoms with Gasteiger partial charge in [0.05, 0.1) is 17.3 Å². The minimum Gasteiger partial charge on any atom is -0.367 e. The summed E-state index contributed by atoms with van der Waals surface area (Å²) in [5.41, 5.74) is 3.65. The molecule has 0 radical (unpaired) electrons. The minimum absolute atomic E-state index is 0.0488. The number of non-ortho nitro benzene ring substituents is 1. The molecule has 0 saturated carbocycles. The zero-order valence-electron chi connectivity index (χ0n) is 14.4. The highest BCUT2D eigenvalue weighted by Crippen LogP contribution is 2.38. The number of nitro groups is 1. The van der Waals surface area contributed by atoms with E-state index in [4.69, 9.17) is 23.2 Å². The number of hydrogen-bond donors (Lipinski definition) is 1. The molecule has 140 valence electrons. The molecule has 8 heteroatoms. The first kappa shape index (κ1) is 18.3. The molecule has 2 aromatic heterocycles. The molecule has 2 aromatic carbocycles. The van der Waals surface area contributed by atoms with Crippen LogP contribution in [0, 0.1) is 10.1 Å². The van der Waals surface area contributed by atoms with Crippen LogP contribution < -0.4 is 0 Å². The van der Waals surface area contributed by atoms with Gasteiger partial charge < -0.3 is 9.55 Å². The molecule has 0 fully saturated rings. The first-order valence-electron chi connectivity index (χ1n) is 8.38. The SMILES string of the molecule is O=[N+]([O-])c1ccc(-c2c[nH]cc2[C@@H](c2ccc(Cl)cc2Cl)n2ccnc2)cc1. The third-order valence-corrected chi connectivity index (χ3v) is 5.10. The van der Waals surface area contributed by atoms with Crippen molar-refractivity contribution >= 4 is 28.9 Å². The van der Waals surface area contributed by atoms with Gasteiger partial charge in [-0.1, -0.05) is 29.3 Å². The van der Waals surface area contributed by atoms with Crippen molar-refractivity contribution in [1.82, 2.24) is 14.5 Å². The molecule has 0 saturated heterocycles. The molecule has 0 aliphatic carbocycles. The van der Waals surface area contributed by atoms with Gasteiger partial charge in [-0.2, -0.15) is 0 Å². The lowest BCUT2D eigenvalue weighted by Crippen LogP contribution is -2.11. The molecule has 6 nitrogen and oxygen atoms in total. The first-order valence-corrected chi connectivity index (χ1v) is 9.14. The Morgan fingerprint density at radius 2 is 1.86 bits per heavy atom. The van der Waals surface area contributed by atoms with Crippen LogP contribution in [-0.2, 0) is 0 Å².